The normalized spacial score (nSPS) is 12.8. The molecule has 1 amide bonds. The molecule has 0 radical (unpaired) electrons. The Morgan fingerprint density at radius 1 is 1.29 bits per heavy atom. The minimum Gasteiger partial charge on any atom is -0.465 e. The fourth-order valence-electron chi connectivity index (χ4n) is 2.49. The highest BCUT2D eigenvalue weighted by Crippen LogP contribution is 2.39. The van der Waals surface area contributed by atoms with Crippen LogP contribution in [0, 0.1) is 0 Å². The summed E-state index contributed by atoms with van der Waals surface area (Å²) in [6, 6.07) is 3.27. The number of fused-ring (bicyclic) bond motifs is 1. The van der Waals surface area contributed by atoms with Crippen molar-refractivity contribution in [2.45, 2.75) is 19.3 Å². The molecule has 2 aromatic rings. The summed E-state index contributed by atoms with van der Waals surface area (Å²) in [4.78, 5) is 29.3. The minimum atomic E-state index is -0.389. The third-order valence-electron chi connectivity index (χ3n) is 3.48. The van der Waals surface area contributed by atoms with Crippen molar-refractivity contribution in [3.05, 3.63) is 46.1 Å². The van der Waals surface area contributed by atoms with Crippen LogP contribution in [0.25, 0.3) is 0 Å². The molecule has 6 heteroatoms. The summed E-state index contributed by atoms with van der Waals surface area (Å²) in [5.41, 5.74) is 2.05. The van der Waals surface area contributed by atoms with Gasteiger partial charge in [-0.1, -0.05) is 0 Å². The summed E-state index contributed by atoms with van der Waals surface area (Å²) in [7, 11) is 1.36. The number of ether oxygens (including phenoxy) is 1. The molecule has 2 aromatic heterocycles. The number of rotatable bonds is 3. The SMILES string of the molecule is COC(=O)c1c(NC(=O)c2ccncc2)sc2c1CCC2. The molecule has 0 fully saturated rings. The summed E-state index contributed by atoms with van der Waals surface area (Å²) in [6.07, 6.45) is 5.98. The molecule has 0 aromatic carbocycles. The van der Waals surface area contributed by atoms with Crippen molar-refractivity contribution in [3.8, 4) is 0 Å². The van der Waals surface area contributed by atoms with Gasteiger partial charge in [-0.2, -0.15) is 0 Å². The van der Waals surface area contributed by atoms with Crippen molar-refractivity contribution in [2.75, 3.05) is 12.4 Å². The quantitative estimate of drug-likeness (QED) is 0.885. The molecule has 108 valence electrons. The van der Waals surface area contributed by atoms with E-state index in [0.717, 1.165) is 24.8 Å². The van der Waals surface area contributed by atoms with Gasteiger partial charge in [0.2, 0.25) is 0 Å². The van der Waals surface area contributed by atoms with Crippen molar-refractivity contribution in [1.29, 1.82) is 0 Å². The van der Waals surface area contributed by atoms with Gasteiger partial charge in [-0.25, -0.2) is 4.79 Å². The predicted molar refractivity (Wildman–Crippen MR) is 79.9 cm³/mol. The molecule has 2 heterocycles. The number of nitrogens with zero attached hydrogens (tertiary/aromatic N) is 1. The van der Waals surface area contributed by atoms with E-state index in [2.05, 4.69) is 10.3 Å². The molecule has 0 unspecified atom stereocenters. The molecular formula is C15H14N2O3S. The minimum absolute atomic E-state index is 0.248. The summed E-state index contributed by atoms with van der Waals surface area (Å²) >= 11 is 1.47. The van der Waals surface area contributed by atoms with Gasteiger partial charge in [0.05, 0.1) is 12.7 Å². The van der Waals surface area contributed by atoms with Gasteiger partial charge in [-0.15, -0.1) is 11.3 Å². The predicted octanol–water partition coefficient (Wildman–Crippen LogP) is 2.67. The van der Waals surface area contributed by atoms with Crippen LogP contribution in [0.5, 0.6) is 0 Å². The van der Waals surface area contributed by atoms with Crippen LogP contribution >= 0.6 is 11.3 Å². The number of aromatic nitrogens is 1. The van der Waals surface area contributed by atoms with E-state index in [1.807, 2.05) is 0 Å². The van der Waals surface area contributed by atoms with Gasteiger partial charge < -0.3 is 10.1 Å². The van der Waals surface area contributed by atoms with Gasteiger partial charge >= 0.3 is 5.97 Å². The fourth-order valence-corrected chi connectivity index (χ4v) is 3.76. The maximum Gasteiger partial charge on any atom is 0.341 e. The second kappa shape index (κ2) is 5.65. The number of pyridine rings is 1. The van der Waals surface area contributed by atoms with Crippen molar-refractivity contribution in [2.24, 2.45) is 0 Å². The van der Waals surface area contributed by atoms with E-state index in [1.54, 1.807) is 24.5 Å². The van der Waals surface area contributed by atoms with Crippen molar-refractivity contribution in [3.63, 3.8) is 0 Å². The Morgan fingerprint density at radius 2 is 2.05 bits per heavy atom. The zero-order valence-electron chi connectivity index (χ0n) is 11.5. The molecule has 21 heavy (non-hydrogen) atoms. The number of aryl methyl sites for hydroxylation is 1. The van der Waals surface area contributed by atoms with Crippen molar-refractivity contribution >= 4 is 28.2 Å². The maximum absolute atomic E-state index is 12.2. The maximum atomic E-state index is 12.2. The topological polar surface area (TPSA) is 68.3 Å². The first-order valence-corrected chi connectivity index (χ1v) is 7.46. The van der Waals surface area contributed by atoms with Gasteiger partial charge in [0.15, 0.2) is 0 Å². The highest BCUT2D eigenvalue weighted by molar-refractivity contribution is 7.17. The number of hydrogen-bond donors (Lipinski definition) is 1. The number of nitrogens with one attached hydrogen (secondary N) is 1. The number of carbonyl (C=O) groups is 2. The molecule has 0 spiro atoms. The fraction of sp³-hybridized carbons (Fsp3) is 0.267. The van der Waals surface area contributed by atoms with Gasteiger partial charge in [0.1, 0.15) is 5.00 Å². The molecule has 5 nitrogen and oxygen atoms in total. The van der Waals surface area contributed by atoms with Gasteiger partial charge in [0, 0.05) is 22.8 Å². The largest absolute Gasteiger partial charge is 0.465 e. The van der Waals surface area contributed by atoms with Gasteiger partial charge in [-0.3, -0.25) is 9.78 Å². The van der Waals surface area contributed by atoms with E-state index in [4.69, 9.17) is 4.74 Å². The number of esters is 1. The molecule has 3 rings (SSSR count). The zero-order chi connectivity index (χ0) is 14.8. The van der Waals surface area contributed by atoms with Crippen LogP contribution in [0.2, 0.25) is 0 Å². The summed E-state index contributed by atoms with van der Waals surface area (Å²) in [5, 5.41) is 3.40. The lowest BCUT2D eigenvalue weighted by atomic mass is 10.1. The molecule has 1 aliphatic rings. The Morgan fingerprint density at radius 3 is 2.76 bits per heavy atom. The van der Waals surface area contributed by atoms with Crippen LogP contribution in [-0.4, -0.2) is 24.0 Å². The van der Waals surface area contributed by atoms with Crippen LogP contribution in [0.15, 0.2) is 24.5 Å². The van der Waals surface area contributed by atoms with E-state index in [1.165, 1.54) is 23.3 Å². The van der Waals surface area contributed by atoms with E-state index in [0.29, 0.717) is 16.1 Å². The Bertz CT molecular complexity index is 694. The molecule has 0 atom stereocenters. The van der Waals surface area contributed by atoms with Crippen LogP contribution in [0.4, 0.5) is 5.00 Å². The average Bonchev–Trinajstić information content (AvgIpc) is 3.07. The van der Waals surface area contributed by atoms with Crippen LogP contribution in [-0.2, 0) is 17.6 Å². The standard InChI is InChI=1S/C15H14N2O3S/c1-20-15(19)12-10-3-2-4-11(10)21-14(12)17-13(18)9-5-7-16-8-6-9/h5-8H,2-4H2,1H3,(H,17,18). The monoisotopic (exact) mass is 302 g/mol. The van der Waals surface area contributed by atoms with Crippen molar-refractivity contribution in [1.82, 2.24) is 4.98 Å². The Balaban J connectivity index is 1.92. The Labute approximate surface area is 126 Å². The van der Waals surface area contributed by atoms with Crippen LogP contribution in [0.1, 0.15) is 37.6 Å². The van der Waals surface area contributed by atoms with E-state index in [9.17, 15) is 9.59 Å². The molecule has 0 saturated heterocycles. The number of amides is 1. The van der Waals surface area contributed by atoms with E-state index in [-0.39, 0.29) is 11.9 Å². The van der Waals surface area contributed by atoms with E-state index < -0.39 is 0 Å². The van der Waals surface area contributed by atoms with Crippen molar-refractivity contribution < 1.29 is 14.3 Å². The smallest absolute Gasteiger partial charge is 0.341 e. The highest BCUT2D eigenvalue weighted by atomic mass is 32.1. The molecule has 0 bridgehead atoms. The lowest BCUT2D eigenvalue weighted by Crippen LogP contribution is -2.14. The Kier molecular flexibility index (Phi) is 3.70. The Hall–Kier alpha value is -2.21. The zero-order valence-corrected chi connectivity index (χ0v) is 12.3. The molecule has 1 aliphatic carbocycles. The molecule has 0 saturated carbocycles. The van der Waals surface area contributed by atoms with Gasteiger partial charge in [-0.05, 0) is 37.0 Å². The first kappa shape index (κ1) is 13.8. The second-order valence-corrected chi connectivity index (χ2v) is 5.85. The second-order valence-electron chi connectivity index (χ2n) is 4.74. The summed E-state index contributed by atoms with van der Waals surface area (Å²) < 4.78 is 4.85. The third-order valence-corrected chi connectivity index (χ3v) is 4.69. The first-order valence-electron chi connectivity index (χ1n) is 6.65. The molecule has 0 aliphatic heterocycles. The number of carbonyl (C=O) groups excluding carboxylic acids is 2. The third kappa shape index (κ3) is 2.54. The lowest BCUT2D eigenvalue weighted by molar-refractivity contribution is 0.0601. The van der Waals surface area contributed by atoms with Crippen LogP contribution < -0.4 is 5.32 Å². The van der Waals surface area contributed by atoms with Gasteiger partial charge in [0.25, 0.3) is 5.91 Å². The number of hydrogen-bond acceptors (Lipinski definition) is 5. The molecule has 1 N–H and O–H groups in total. The molecular weight excluding hydrogens is 288 g/mol. The number of anilines is 1. The van der Waals surface area contributed by atoms with E-state index >= 15 is 0 Å². The number of thiophene rings is 1. The lowest BCUT2D eigenvalue weighted by Gasteiger charge is -2.06. The summed E-state index contributed by atoms with van der Waals surface area (Å²) in [5.74, 6) is -0.637. The van der Waals surface area contributed by atoms with Crippen LogP contribution in [0.3, 0.4) is 0 Å². The number of methoxy groups -OCH3 is 1. The summed E-state index contributed by atoms with van der Waals surface area (Å²) in [6.45, 7) is 0. The first-order chi connectivity index (χ1) is 10.2. The highest BCUT2D eigenvalue weighted by Gasteiger charge is 2.28. The average molecular weight is 302 g/mol.